The molecular formula is C17H29N3. The van der Waals surface area contributed by atoms with E-state index >= 15 is 0 Å². The summed E-state index contributed by atoms with van der Waals surface area (Å²) in [5.41, 5.74) is 7.53. The van der Waals surface area contributed by atoms with E-state index in [0.29, 0.717) is 18.0 Å². The molecule has 1 aliphatic rings. The van der Waals surface area contributed by atoms with Gasteiger partial charge in [-0.1, -0.05) is 37.3 Å². The highest BCUT2D eigenvalue weighted by atomic mass is 15.3. The maximum atomic E-state index is 6.13. The van der Waals surface area contributed by atoms with Gasteiger partial charge in [0.25, 0.3) is 0 Å². The lowest BCUT2D eigenvalue weighted by atomic mass is 9.91. The molecule has 1 aromatic carbocycles. The maximum Gasteiger partial charge on any atom is 0.0287 e. The van der Waals surface area contributed by atoms with Crippen LogP contribution in [0.2, 0.25) is 0 Å². The van der Waals surface area contributed by atoms with Crippen molar-refractivity contribution in [2.24, 2.45) is 5.73 Å². The molecule has 0 radical (unpaired) electrons. The van der Waals surface area contributed by atoms with Gasteiger partial charge in [0, 0.05) is 31.7 Å². The Balaban J connectivity index is 2.14. The van der Waals surface area contributed by atoms with E-state index in [1.54, 1.807) is 0 Å². The Bertz CT molecular complexity index is 392. The molecule has 0 amide bonds. The van der Waals surface area contributed by atoms with Crippen LogP contribution < -0.4 is 5.73 Å². The molecular weight excluding hydrogens is 246 g/mol. The van der Waals surface area contributed by atoms with E-state index in [9.17, 15) is 0 Å². The van der Waals surface area contributed by atoms with Crippen LogP contribution in [-0.4, -0.2) is 55.1 Å². The SMILES string of the molecule is CC(c1ccccc1)C(CN)N1CCCN(C)CC1C. The zero-order chi connectivity index (χ0) is 14.5. The molecule has 0 spiro atoms. The lowest BCUT2D eigenvalue weighted by Gasteiger charge is -2.38. The van der Waals surface area contributed by atoms with E-state index in [1.807, 2.05) is 0 Å². The van der Waals surface area contributed by atoms with Crippen molar-refractivity contribution in [2.45, 2.75) is 38.3 Å². The highest BCUT2D eigenvalue weighted by molar-refractivity contribution is 5.21. The summed E-state index contributed by atoms with van der Waals surface area (Å²) in [4.78, 5) is 5.06. The molecule has 2 rings (SSSR count). The summed E-state index contributed by atoms with van der Waals surface area (Å²) >= 11 is 0. The fraction of sp³-hybridized carbons (Fsp3) is 0.647. The first-order valence-electron chi connectivity index (χ1n) is 7.82. The van der Waals surface area contributed by atoms with E-state index in [4.69, 9.17) is 5.73 Å². The lowest BCUT2D eigenvalue weighted by molar-refractivity contribution is 0.130. The molecule has 3 atom stereocenters. The molecule has 1 fully saturated rings. The second-order valence-corrected chi connectivity index (χ2v) is 6.21. The standard InChI is InChI=1S/C17H29N3/c1-14-13-19(3)10-7-11-20(14)17(12-18)15(2)16-8-5-4-6-9-16/h4-6,8-9,14-15,17H,7,10-13,18H2,1-3H3. The molecule has 1 aromatic rings. The molecule has 0 saturated carbocycles. The molecule has 112 valence electrons. The molecule has 2 N–H and O–H groups in total. The third-order valence-electron chi connectivity index (χ3n) is 4.67. The number of hydrogen-bond donors (Lipinski definition) is 1. The van der Waals surface area contributed by atoms with Crippen LogP contribution in [0.25, 0.3) is 0 Å². The first-order chi connectivity index (χ1) is 9.63. The summed E-state index contributed by atoms with van der Waals surface area (Å²) in [6.07, 6.45) is 1.23. The van der Waals surface area contributed by atoms with Gasteiger partial charge >= 0.3 is 0 Å². The zero-order valence-corrected chi connectivity index (χ0v) is 13.1. The molecule has 1 saturated heterocycles. The van der Waals surface area contributed by atoms with Gasteiger partial charge in [-0.05, 0) is 38.4 Å². The summed E-state index contributed by atoms with van der Waals surface area (Å²) < 4.78 is 0. The minimum Gasteiger partial charge on any atom is -0.329 e. The average molecular weight is 275 g/mol. The highest BCUT2D eigenvalue weighted by Crippen LogP contribution is 2.25. The molecule has 3 unspecified atom stereocenters. The third kappa shape index (κ3) is 3.60. The van der Waals surface area contributed by atoms with Crippen LogP contribution in [0.3, 0.4) is 0 Å². The largest absolute Gasteiger partial charge is 0.329 e. The van der Waals surface area contributed by atoms with Gasteiger partial charge in [-0.3, -0.25) is 4.90 Å². The molecule has 0 bridgehead atoms. The van der Waals surface area contributed by atoms with E-state index in [0.717, 1.165) is 19.6 Å². The van der Waals surface area contributed by atoms with Crippen LogP contribution in [0.1, 0.15) is 31.7 Å². The quantitative estimate of drug-likeness (QED) is 0.914. The number of nitrogens with zero attached hydrogens (tertiary/aromatic N) is 2. The number of hydrogen-bond acceptors (Lipinski definition) is 3. The Morgan fingerprint density at radius 2 is 1.95 bits per heavy atom. The first-order valence-corrected chi connectivity index (χ1v) is 7.82. The predicted octanol–water partition coefficient (Wildman–Crippen LogP) is 2.14. The summed E-state index contributed by atoms with van der Waals surface area (Å²) in [5.74, 6) is 0.479. The Labute approximate surface area is 123 Å². The minimum absolute atomic E-state index is 0.430. The minimum atomic E-state index is 0.430. The van der Waals surface area contributed by atoms with E-state index in [-0.39, 0.29) is 0 Å². The Kier molecular flexibility index (Phi) is 5.58. The third-order valence-corrected chi connectivity index (χ3v) is 4.67. The van der Waals surface area contributed by atoms with Gasteiger partial charge in [0.05, 0.1) is 0 Å². The van der Waals surface area contributed by atoms with Crippen molar-refractivity contribution in [2.75, 3.05) is 33.2 Å². The van der Waals surface area contributed by atoms with Crippen molar-refractivity contribution < 1.29 is 0 Å². The summed E-state index contributed by atoms with van der Waals surface area (Å²) in [6.45, 7) is 8.86. The van der Waals surface area contributed by atoms with Crippen molar-refractivity contribution >= 4 is 0 Å². The molecule has 0 aliphatic carbocycles. The fourth-order valence-corrected chi connectivity index (χ4v) is 3.49. The molecule has 1 heterocycles. The van der Waals surface area contributed by atoms with Crippen molar-refractivity contribution in [1.29, 1.82) is 0 Å². The first kappa shape index (κ1) is 15.5. The summed E-state index contributed by atoms with van der Waals surface area (Å²) in [7, 11) is 2.22. The number of nitrogens with two attached hydrogens (primary N) is 1. The van der Waals surface area contributed by atoms with Crippen molar-refractivity contribution in [3.63, 3.8) is 0 Å². The number of benzene rings is 1. The van der Waals surface area contributed by atoms with Gasteiger partial charge in [0.1, 0.15) is 0 Å². The van der Waals surface area contributed by atoms with Crippen LogP contribution in [-0.2, 0) is 0 Å². The monoisotopic (exact) mass is 275 g/mol. The van der Waals surface area contributed by atoms with Crippen LogP contribution in [0.4, 0.5) is 0 Å². The predicted molar refractivity (Wildman–Crippen MR) is 86.0 cm³/mol. The lowest BCUT2D eigenvalue weighted by Crippen LogP contribution is -2.50. The zero-order valence-electron chi connectivity index (χ0n) is 13.1. The normalized spacial score (nSPS) is 25.1. The second kappa shape index (κ2) is 7.21. The van der Waals surface area contributed by atoms with Crippen LogP contribution >= 0.6 is 0 Å². The molecule has 3 nitrogen and oxygen atoms in total. The van der Waals surface area contributed by atoms with Crippen molar-refractivity contribution in [1.82, 2.24) is 9.80 Å². The summed E-state index contributed by atoms with van der Waals surface area (Å²) in [5, 5.41) is 0. The molecule has 1 aliphatic heterocycles. The van der Waals surface area contributed by atoms with Crippen LogP contribution in [0.5, 0.6) is 0 Å². The molecule has 20 heavy (non-hydrogen) atoms. The highest BCUT2D eigenvalue weighted by Gasteiger charge is 2.29. The smallest absolute Gasteiger partial charge is 0.0287 e. The average Bonchev–Trinajstić information content (AvgIpc) is 2.62. The Morgan fingerprint density at radius 3 is 2.60 bits per heavy atom. The van der Waals surface area contributed by atoms with Gasteiger partial charge in [-0.2, -0.15) is 0 Å². The topological polar surface area (TPSA) is 32.5 Å². The van der Waals surface area contributed by atoms with Gasteiger partial charge in [0.2, 0.25) is 0 Å². The Hall–Kier alpha value is -0.900. The van der Waals surface area contributed by atoms with Gasteiger partial charge < -0.3 is 10.6 Å². The van der Waals surface area contributed by atoms with E-state index in [1.165, 1.54) is 18.5 Å². The van der Waals surface area contributed by atoms with E-state index < -0.39 is 0 Å². The molecule has 0 aromatic heterocycles. The second-order valence-electron chi connectivity index (χ2n) is 6.21. The van der Waals surface area contributed by atoms with Crippen LogP contribution in [0, 0.1) is 0 Å². The fourth-order valence-electron chi connectivity index (χ4n) is 3.49. The Morgan fingerprint density at radius 1 is 1.25 bits per heavy atom. The molecule has 3 heteroatoms. The van der Waals surface area contributed by atoms with Crippen molar-refractivity contribution in [3.8, 4) is 0 Å². The number of rotatable bonds is 4. The summed E-state index contributed by atoms with van der Waals surface area (Å²) in [6, 6.07) is 11.8. The van der Waals surface area contributed by atoms with Gasteiger partial charge in [0.15, 0.2) is 0 Å². The number of likely N-dealkylation sites (N-methyl/N-ethyl adjacent to an activating group) is 1. The maximum absolute atomic E-state index is 6.13. The van der Waals surface area contributed by atoms with Crippen molar-refractivity contribution in [3.05, 3.63) is 35.9 Å². The van der Waals surface area contributed by atoms with E-state index in [2.05, 4.69) is 61.0 Å². The van der Waals surface area contributed by atoms with Crippen LogP contribution in [0.15, 0.2) is 30.3 Å². The van der Waals surface area contributed by atoms with Gasteiger partial charge in [-0.15, -0.1) is 0 Å². The van der Waals surface area contributed by atoms with Gasteiger partial charge in [-0.25, -0.2) is 0 Å².